The number of rotatable bonds is 11. The van der Waals surface area contributed by atoms with Gasteiger partial charge in [-0.3, -0.25) is 14.2 Å². The van der Waals surface area contributed by atoms with E-state index >= 15 is 8.78 Å². The van der Waals surface area contributed by atoms with Gasteiger partial charge in [0.05, 0.1) is 27.6 Å². The van der Waals surface area contributed by atoms with E-state index in [0.29, 0.717) is 42.6 Å². The van der Waals surface area contributed by atoms with Gasteiger partial charge in [0.2, 0.25) is 5.91 Å². The van der Waals surface area contributed by atoms with Gasteiger partial charge in [0.25, 0.3) is 12.3 Å². The second kappa shape index (κ2) is 12.9. The summed E-state index contributed by atoms with van der Waals surface area (Å²) in [4.78, 5) is 23.5. The van der Waals surface area contributed by atoms with Gasteiger partial charge in [-0.25, -0.2) is 27.5 Å². The summed E-state index contributed by atoms with van der Waals surface area (Å²) in [5.41, 5.74) is 5.67. The van der Waals surface area contributed by atoms with Gasteiger partial charge in [-0.05, 0) is 56.0 Å². The number of carbonyl (C=O) groups is 1. The van der Waals surface area contributed by atoms with E-state index in [1.54, 1.807) is 56.8 Å². The Hall–Kier alpha value is -5.23. The van der Waals surface area contributed by atoms with E-state index in [1.807, 2.05) is 0 Å². The first kappa shape index (κ1) is 36.7. The van der Waals surface area contributed by atoms with Crippen LogP contribution in [-0.4, -0.2) is 52.7 Å². The van der Waals surface area contributed by atoms with E-state index in [0.717, 1.165) is 12.1 Å². The van der Waals surface area contributed by atoms with Crippen LogP contribution in [0.4, 0.5) is 37.3 Å². The second-order valence-corrected chi connectivity index (χ2v) is 15.9. The van der Waals surface area contributed by atoms with Gasteiger partial charge in [-0.1, -0.05) is 30.4 Å². The highest BCUT2D eigenvalue weighted by Crippen LogP contribution is 2.71. The summed E-state index contributed by atoms with van der Waals surface area (Å²) in [6.45, 7) is 4.14. The lowest BCUT2D eigenvalue weighted by atomic mass is 9.94. The molecule has 2 aromatic carbocycles. The topological polar surface area (TPSA) is 149 Å². The lowest BCUT2D eigenvalue weighted by Crippen LogP contribution is -2.35. The Bertz CT molecular complexity index is 2490. The molecule has 6 aromatic rings. The molecule has 0 bridgehead atoms. The second-order valence-electron chi connectivity index (χ2n) is 14.9. The Balaban J connectivity index is 1.26. The van der Waals surface area contributed by atoms with Crippen molar-refractivity contribution in [3.05, 3.63) is 82.3 Å². The van der Waals surface area contributed by atoms with Gasteiger partial charge in [0, 0.05) is 53.6 Å². The number of aliphatic hydroxyl groups is 1. The molecule has 288 valence electrons. The Morgan fingerprint density at radius 2 is 1.80 bits per heavy atom. The summed E-state index contributed by atoms with van der Waals surface area (Å²) in [5, 5.41) is 25.4. The third-order valence-electron chi connectivity index (χ3n) is 10.3. The molecule has 5 N–H and O–H groups in total. The van der Waals surface area contributed by atoms with Crippen LogP contribution < -0.4 is 16.4 Å². The molecule has 18 heteroatoms. The van der Waals surface area contributed by atoms with Gasteiger partial charge < -0.3 is 21.5 Å². The zero-order valence-corrected chi connectivity index (χ0v) is 30.7. The van der Waals surface area contributed by atoms with Gasteiger partial charge in [-0.2, -0.15) is 19.0 Å². The van der Waals surface area contributed by atoms with Gasteiger partial charge >= 0.3 is 0 Å². The lowest BCUT2D eigenvalue weighted by molar-refractivity contribution is -0.123. The maximum absolute atomic E-state index is 15.6. The Kier molecular flexibility index (Phi) is 8.64. The van der Waals surface area contributed by atoms with Crippen LogP contribution in [0.2, 0.25) is 0 Å². The van der Waals surface area contributed by atoms with Crippen molar-refractivity contribution < 1.29 is 36.2 Å². The number of aromatic nitrogens is 6. The van der Waals surface area contributed by atoms with E-state index in [4.69, 9.17) is 10.7 Å². The minimum Gasteiger partial charge on any atom is -0.389 e. The molecular formula is C37H35F6N9O2S. The van der Waals surface area contributed by atoms with Crippen molar-refractivity contribution >= 4 is 49.4 Å². The molecule has 2 aliphatic carbocycles. The Morgan fingerprint density at radius 1 is 1.07 bits per heavy atom. The molecule has 11 nitrogen and oxygen atoms in total. The van der Waals surface area contributed by atoms with Crippen molar-refractivity contribution in [3.8, 4) is 11.1 Å². The minimum atomic E-state index is -3.48. The summed E-state index contributed by atoms with van der Waals surface area (Å²) in [7, 11) is 1.70. The summed E-state index contributed by atoms with van der Waals surface area (Å²) in [6.07, 6.45) is -3.38. The molecule has 1 saturated carbocycles. The van der Waals surface area contributed by atoms with Crippen LogP contribution >= 0.6 is 11.3 Å². The van der Waals surface area contributed by atoms with Crippen molar-refractivity contribution in [3.63, 3.8) is 0 Å². The molecule has 55 heavy (non-hydrogen) atoms. The first-order valence-corrected chi connectivity index (χ1v) is 18.2. The fourth-order valence-electron chi connectivity index (χ4n) is 7.93. The molecule has 4 heterocycles. The van der Waals surface area contributed by atoms with Crippen molar-refractivity contribution in [2.45, 2.75) is 63.6 Å². The molecule has 0 saturated heterocycles. The molecule has 1 fully saturated rings. The molecular weight excluding hydrogens is 749 g/mol. The number of benzene rings is 2. The third kappa shape index (κ3) is 6.43. The molecule has 4 atom stereocenters. The lowest BCUT2D eigenvalue weighted by Gasteiger charge is -2.23. The number of nitrogen functional groups attached to an aromatic ring is 1. The monoisotopic (exact) mass is 783 g/mol. The number of amides is 1. The first-order valence-electron chi connectivity index (χ1n) is 17.4. The van der Waals surface area contributed by atoms with Crippen molar-refractivity contribution in [2.75, 3.05) is 17.6 Å². The van der Waals surface area contributed by atoms with Gasteiger partial charge in [0.15, 0.2) is 16.6 Å². The number of hydrogen-bond acceptors (Lipinski definition) is 9. The highest BCUT2D eigenvalue weighted by molar-refractivity contribution is 7.22. The normalized spacial score (nSPS) is 19.2. The van der Waals surface area contributed by atoms with Crippen molar-refractivity contribution in [1.82, 2.24) is 34.8 Å². The highest BCUT2D eigenvalue weighted by Gasteiger charge is 2.71. The standard InChI is InChI=1S/C37H35F6N9O2S/c1-15-25-26-29(32(40)41)49-52(31(26)37(42,43)27(15)25)13-24(53)46-22(10-16-8-17(38)11-18(39)9-16)28-21(19-6-5-7-20-30(19)51(4)50-33(20)44)12-23-34(47-28)48-35(55-23)45-14-36(2,3)54/h5-9,11-12,15,22,25,27,32,54H,10,13-14H2,1-4H3,(H2,44,50)(H,46,53)(H,45,47,48)/t15-,22+,25-,27-/m1/s1. The van der Waals surface area contributed by atoms with Crippen LogP contribution in [0.1, 0.15) is 67.4 Å². The SMILES string of the molecule is C[C@@H]1[C@@H]2c3c(C(F)F)nn(CC(=O)N[C@@H](Cc4cc(F)cc(F)c4)c4nc5nc(NCC(C)(C)O)sc5cc4-c4cccc5c(N)nn(C)c45)c3C(F)(F)[C@H]12. The van der Waals surface area contributed by atoms with E-state index in [1.165, 1.54) is 11.3 Å². The summed E-state index contributed by atoms with van der Waals surface area (Å²) >= 11 is 1.25. The number of para-hydroxylation sites is 1. The number of halogens is 6. The molecule has 0 radical (unpaired) electrons. The largest absolute Gasteiger partial charge is 0.389 e. The molecule has 4 aromatic heterocycles. The van der Waals surface area contributed by atoms with E-state index in [9.17, 15) is 27.5 Å². The molecule has 0 unspecified atom stereocenters. The number of nitrogens with two attached hydrogens (primary N) is 1. The predicted octanol–water partition coefficient (Wildman–Crippen LogP) is 6.98. The molecule has 8 rings (SSSR count). The number of aryl methyl sites for hydroxylation is 1. The number of anilines is 2. The third-order valence-corrected chi connectivity index (χ3v) is 11.2. The summed E-state index contributed by atoms with van der Waals surface area (Å²) < 4.78 is 91.4. The van der Waals surface area contributed by atoms with Gasteiger partial charge in [-0.15, -0.1) is 0 Å². The van der Waals surface area contributed by atoms with E-state index < -0.39 is 77.2 Å². The number of pyridine rings is 1. The van der Waals surface area contributed by atoms with Crippen LogP contribution in [0.15, 0.2) is 42.5 Å². The molecule has 2 aliphatic rings. The fourth-order valence-corrected chi connectivity index (χ4v) is 8.78. The van der Waals surface area contributed by atoms with Crippen LogP contribution in [0.5, 0.6) is 0 Å². The van der Waals surface area contributed by atoms with Crippen LogP contribution in [-0.2, 0) is 30.7 Å². The zero-order chi connectivity index (χ0) is 39.3. The number of nitrogens with zero attached hydrogens (tertiary/aromatic N) is 6. The first-order chi connectivity index (χ1) is 25.9. The van der Waals surface area contributed by atoms with Crippen LogP contribution in [0, 0.1) is 23.5 Å². The fraction of sp³-hybridized carbons (Fsp3) is 0.378. The van der Waals surface area contributed by atoms with Crippen LogP contribution in [0.3, 0.4) is 0 Å². The number of hydrogen-bond donors (Lipinski definition) is 4. The quantitative estimate of drug-likeness (QED) is 0.103. The Labute approximate surface area is 313 Å². The average Bonchev–Trinajstić information content (AvgIpc) is 3.39. The maximum atomic E-state index is 15.6. The minimum absolute atomic E-state index is 0.130. The number of carbonyl (C=O) groups excluding carboxylic acids is 1. The predicted molar refractivity (Wildman–Crippen MR) is 194 cm³/mol. The van der Waals surface area contributed by atoms with E-state index in [-0.39, 0.29) is 41.3 Å². The molecule has 1 amide bonds. The van der Waals surface area contributed by atoms with E-state index in [2.05, 4.69) is 25.8 Å². The maximum Gasteiger partial charge on any atom is 0.293 e. The average molecular weight is 784 g/mol. The highest BCUT2D eigenvalue weighted by atomic mass is 32.1. The smallest absolute Gasteiger partial charge is 0.293 e. The number of thiazole rings is 1. The summed E-state index contributed by atoms with van der Waals surface area (Å²) in [6, 6.07) is 8.81. The molecule has 0 spiro atoms. The van der Waals surface area contributed by atoms with Crippen LogP contribution in [0.25, 0.3) is 32.4 Å². The number of fused-ring (bicyclic) bond motifs is 5. The zero-order valence-electron chi connectivity index (χ0n) is 29.8. The Morgan fingerprint density at radius 3 is 2.49 bits per heavy atom. The summed E-state index contributed by atoms with van der Waals surface area (Å²) in [5.74, 6) is -8.33. The molecule has 0 aliphatic heterocycles. The van der Waals surface area contributed by atoms with Gasteiger partial charge in [0.1, 0.15) is 29.6 Å². The van der Waals surface area contributed by atoms with Crippen molar-refractivity contribution in [1.29, 1.82) is 0 Å². The number of alkyl halides is 4. The number of nitrogens with one attached hydrogen (secondary N) is 2. The van der Waals surface area contributed by atoms with Crippen molar-refractivity contribution in [2.24, 2.45) is 18.9 Å².